The second-order valence-electron chi connectivity index (χ2n) is 7.49. The molecule has 1 heterocycles. The largest absolute Gasteiger partial charge is 0.496 e. The van der Waals surface area contributed by atoms with Crippen LogP contribution in [0.2, 0.25) is 0 Å². The predicted molar refractivity (Wildman–Crippen MR) is 104 cm³/mol. The van der Waals surface area contributed by atoms with Gasteiger partial charge in [0, 0.05) is 0 Å². The summed E-state index contributed by atoms with van der Waals surface area (Å²) in [5.74, 6) is -0.721. The van der Waals surface area contributed by atoms with Crippen molar-refractivity contribution in [1.29, 1.82) is 0 Å². The third kappa shape index (κ3) is 3.50. The SMILES string of the molecule is COC(=O)c1ccc(C2(C(=O)OC(C)(C)C)C=c3ccccc3=N2)cc1OC. The van der Waals surface area contributed by atoms with Crippen molar-refractivity contribution in [3.63, 3.8) is 0 Å². The Hall–Kier alpha value is -3.15. The van der Waals surface area contributed by atoms with Crippen molar-refractivity contribution < 1.29 is 23.8 Å². The van der Waals surface area contributed by atoms with E-state index < -0.39 is 23.1 Å². The molecule has 6 nitrogen and oxygen atoms in total. The van der Waals surface area contributed by atoms with E-state index in [1.54, 1.807) is 24.3 Å². The average Bonchev–Trinajstić information content (AvgIpc) is 3.06. The Morgan fingerprint density at radius 3 is 2.36 bits per heavy atom. The first-order valence-corrected chi connectivity index (χ1v) is 8.88. The Labute approximate surface area is 163 Å². The highest BCUT2D eigenvalue weighted by Gasteiger charge is 2.43. The molecule has 6 heteroatoms. The lowest BCUT2D eigenvalue weighted by Gasteiger charge is -2.28. The molecule has 2 aromatic rings. The minimum absolute atomic E-state index is 0.267. The summed E-state index contributed by atoms with van der Waals surface area (Å²) in [5.41, 5.74) is -1.23. The van der Waals surface area contributed by atoms with E-state index >= 15 is 0 Å². The van der Waals surface area contributed by atoms with E-state index in [0.29, 0.717) is 16.7 Å². The van der Waals surface area contributed by atoms with E-state index in [1.165, 1.54) is 14.2 Å². The third-order valence-electron chi connectivity index (χ3n) is 4.35. The van der Waals surface area contributed by atoms with Gasteiger partial charge < -0.3 is 14.2 Å². The van der Waals surface area contributed by atoms with Crippen LogP contribution >= 0.6 is 0 Å². The standard InChI is InChI=1S/C22H23NO5/c1-21(2,3)28-20(25)22(13-14-8-6-7-9-17(14)23-22)15-10-11-16(19(24)27-5)18(12-15)26-4/h6-13H,1-5H3. The number of hydrogen-bond donors (Lipinski definition) is 0. The molecule has 0 saturated carbocycles. The predicted octanol–water partition coefficient (Wildman–Crippen LogP) is 2.13. The van der Waals surface area contributed by atoms with Crippen LogP contribution in [0.3, 0.4) is 0 Å². The number of rotatable bonds is 4. The Morgan fingerprint density at radius 2 is 1.75 bits per heavy atom. The summed E-state index contributed by atoms with van der Waals surface area (Å²) in [4.78, 5) is 29.9. The molecule has 0 N–H and O–H groups in total. The van der Waals surface area contributed by atoms with Gasteiger partial charge in [0.05, 0.1) is 19.6 Å². The number of para-hydroxylation sites is 1. The second kappa shape index (κ2) is 7.11. The Balaban J connectivity index is 2.21. The van der Waals surface area contributed by atoms with Crippen LogP contribution in [0, 0.1) is 0 Å². The molecule has 146 valence electrons. The van der Waals surface area contributed by atoms with Crippen LogP contribution in [0.1, 0.15) is 36.7 Å². The van der Waals surface area contributed by atoms with Gasteiger partial charge in [0.1, 0.15) is 16.9 Å². The van der Waals surface area contributed by atoms with E-state index in [1.807, 2.05) is 45.0 Å². The number of carbonyl (C=O) groups excluding carboxylic acids is 2. The molecule has 1 unspecified atom stereocenters. The number of ether oxygens (including phenoxy) is 3. The highest BCUT2D eigenvalue weighted by Crippen LogP contribution is 2.35. The first-order chi connectivity index (χ1) is 13.2. The molecular weight excluding hydrogens is 358 g/mol. The summed E-state index contributed by atoms with van der Waals surface area (Å²) in [6, 6.07) is 12.4. The fourth-order valence-corrected chi connectivity index (χ4v) is 3.09. The molecule has 0 spiro atoms. The maximum absolute atomic E-state index is 13.2. The van der Waals surface area contributed by atoms with E-state index in [0.717, 1.165) is 5.22 Å². The van der Waals surface area contributed by atoms with Gasteiger partial charge in [-0.2, -0.15) is 0 Å². The van der Waals surface area contributed by atoms with Crippen molar-refractivity contribution in [3.8, 4) is 5.75 Å². The van der Waals surface area contributed by atoms with E-state index in [2.05, 4.69) is 0 Å². The van der Waals surface area contributed by atoms with Crippen molar-refractivity contribution >= 4 is 18.0 Å². The van der Waals surface area contributed by atoms with Crippen molar-refractivity contribution in [2.75, 3.05) is 14.2 Å². The van der Waals surface area contributed by atoms with Gasteiger partial charge >= 0.3 is 11.9 Å². The molecule has 2 aromatic carbocycles. The lowest BCUT2D eigenvalue weighted by Crippen LogP contribution is -2.38. The minimum Gasteiger partial charge on any atom is -0.496 e. The van der Waals surface area contributed by atoms with Gasteiger partial charge in [0.25, 0.3) is 0 Å². The van der Waals surface area contributed by atoms with Crippen LogP contribution in [-0.4, -0.2) is 31.8 Å². The van der Waals surface area contributed by atoms with Gasteiger partial charge in [-0.3, -0.25) is 4.99 Å². The lowest BCUT2D eigenvalue weighted by molar-refractivity contribution is -0.159. The van der Waals surface area contributed by atoms with Gasteiger partial charge in [-0.1, -0.05) is 24.3 Å². The van der Waals surface area contributed by atoms with Crippen LogP contribution in [0.25, 0.3) is 6.08 Å². The minimum atomic E-state index is -1.36. The number of hydrogen-bond acceptors (Lipinski definition) is 6. The zero-order chi connectivity index (χ0) is 20.5. The topological polar surface area (TPSA) is 74.2 Å². The maximum Gasteiger partial charge on any atom is 0.343 e. The Bertz CT molecular complexity index is 1010. The normalized spacial score (nSPS) is 17.8. The molecule has 0 aromatic heterocycles. The molecule has 1 aliphatic rings. The lowest BCUT2D eigenvalue weighted by atomic mass is 9.89. The van der Waals surface area contributed by atoms with Gasteiger partial charge in [-0.05, 0) is 55.8 Å². The Kier molecular flexibility index (Phi) is 4.98. The fraction of sp³-hybridized carbons (Fsp3) is 0.318. The number of esters is 2. The summed E-state index contributed by atoms with van der Waals surface area (Å²) in [7, 11) is 2.75. The quantitative estimate of drug-likeness (QED) is 0.759. The molecule has 28 heavy (non-hydrogen) atoms. The summed E-state index contributed by atoms with van der Waals surface area (Å²) in [5, 5.41) is 1.54. The summed E-state index contributed by atoms with van der Waals surface area (Å²) in [6.45, 7) is 5.42. The first kappa shape index (κ1) is 19.6. The molecule has 3 rings (SSSR count). The molecule has 0 saturated heterocycles. The number of methoxy groups -OCH3 is 2. The van der Waals surface area contributed by atoms with Crippen LogP contribution in [-0.2, 0) is 19.8 Å². The summed E-state index contributed by atoms with van der Waals surface area (Å²) < 4.78 is 15.8. The maximum atomic E-state index is 13.2. The van der Waals surface area contributed by atoms with Crippen LogP contribution < -0.4 is 15.3 Å². The van der Waals surface area contributed by atoms with Crippen molar-refractivity contribution in [1.82, 2.24) is 0 Å². The van der Waals surface area contributed by atoms with Crippen LogP contribution in [0.15, 0.2) is 47.5 Å². The Morgan fingerprint density at radius 1 is 1.04 bits per heavy atom. The fourth-order valence-electron chi connectivity index (χ4n) is 3.09. The molecule has 1 atom stereocenters. The van der Waals surface area contributed by atoms with Crippen molar-refractivity contribution in [2.45, 2.75) is 31.9 Å². The number of nitrogens with zero attached hydrogens (tertiary/aromatic N) is 1. The molecule has 0 radical (unpaired) electrons. The second-order valence-corrected chi connectivity index (χ2v) is 7.49. The monoisotopic (exact) mass is 381 g/mol. The highest BCUT2D eigenvalue weighted by molar-refractivity contribution is 5.95. The third-order valence-corrected chi connectivity index (χ3v) is 4.35. The zero-order valence-corrected chi connectivity index (χ0v) is 16.6. The van der Waals surface area contributed by atoms with Gasteiger partial charge in [-0.25, -0.2) is 9.59 Å². The smallest absolute Gasteiger partial charge is 0.343 e. The average molecular weight is 381 g/mol. The van der Waals surface area contributed by atoms with Crippen LogP contribution in [0.4, 0.5) is 0 Å². The van der Waals surface area contributed by atoms with Gasteiger partial charge in [0.15, 0.2) is 0 Å². The molecule has 0 fully saturated rings. The number of carbonyl (C=O) groups is 2. The molecular formula is C22H23NO5. The molecule has 1 aliphatic heterocycles. The van der Waals surface area contributed by atoms with Crippen molar-refractivity contribution in [2.24, 2.45) is 4.99 Å². The number of benzene rings is 2. The number of fused-ring (bicyclic) bond motifs is 1. The summed E-state index contributed by atoms with van der Waals surface area (Å²) >= 11 is 0. The molecule has 0 amide bonds. The highest BCUT2D eigenvalue weighted by atomic mass is 16.6. The van der Waals surface area contributed by atoms with Crippen molar-refractivity contribution in [3.05, 3.63) is 64.2 Å². The first-order valence-electron chi connectivity index (χ1n) is 8.88. The summed E-state index contributed by atoms with van der Waals surface area (Å²) in [6.07, 6.45) is 1.78. The van der Waals surface area contributed by atoms with E-state index in [9.17, 15) is 9.59 Å². The zero-order valence-electron chi connectivity index (χ0n) is 16.6. The molecule has 0 aliphatic carbocycles. The van der Waals surface area contributed by atoms with E-state index in [4.69, 9.17) is 19.2 Å². The van der Waals surface area contributed by atoms with Gasteiger partial charge in [0.2, 0.25) is 5.54 Å². The van der Waals surface area contributed by atoms with Crippen LogP contribution in [0.5, 0.6) is 5.75 Å². The molecule has 0 bridgehead atoms. The van der Waals surface area contributed by atoms with E-state index in [-0.39, 0.29) is 5.56 Å². The van der Waals surface area contributed by atoms with Gasteiger partial charge in [-0.15, -0.1) is 0 Å².